The highest BCUT2D eigenvalue weighted by molar-refractivity contribution is 7.80. The van der Waals surface area contributed by atoms with E-state index in [9.17, 15) is 0 Å². The fourth-order valence-corrected chi connectivity index (χ4v) is 0.979. The number of hydrogen-bond acceptors (Lipinski definition) is 2. The Hall–Kier alpha value is -0.350. The first-order chi connectivity index (χ1) is 4.95. The molecule has 66 valence electrons. The Morgan fingerprint density at radius 1 is 1.45 bits per heavy atom. The fraction of sp³-hybridized carbons (Fsp3) is 0.857. The zero-order valence-corrected chi connectivity index (χ0v) is 8.22. The average molecular weight is 175 g/mol. The van der Waals surface area contributed by atoms with Crippen LogP contribution in [-0.4, -0.2) is 23.7 Å². The Labute approximate surface area is 73.7 Å². The molecule has 0 amide bonds. The van der Waals surface area contributed by atoms with E-state index >= 15 is 0 Å². The molecule has 0 aromatic heterocycles. The van der Waals surface area contributed by atoms with Gasteiger partial charge in [-0.25, -0.2) is 0 Å². The lowest BCUT2D eigenvalue weighted by Gasteiger charge is -2.22. The van der Waals surface area contributed by atoms with Crippen molar-refractivity contribution in [2.75, 3.05) is 13.1 Å². The molecule has 0 atom stereocenters. The number of rotatable bonds is 2. The Bertz CT molecular complexity index is 128. The molecule has 0 unspecified atom stereocenters. The Balaban J connectivity index is 3.53. The van der Waals surface area contributed by atoms with Crippen LogP contribution in [0.25, 0.3) is 0 Å². The van der Waals surface area contributed by atoms with E-state index < -0.39 is 0 Å². The van der Waals surface area contributed by atoms with Crippen molar-refractivity contribution in [2.24, 2.45) is 5.73 Å². The number of nitrogens with two attached hydrogens (primary N) is 1. The predicted molar refractivity (Wildman–Crippen MR) is 52.5 cm³/mol. The van der Waals surface area contributed by atoms with Crippen LogP contribution in [0.15, 0.2) is 0 Å². The van der Waals surface area contributed by atoms with Gasteiger partial charge in [0.05, 0.1) is 0 Å². The molecule has 11 heavy (non-hydrogen) atoms. The fourth-order valence-electron chi connectivity index (χ4n) is 0.570. The summed E-state index contributed by atoms with van der Waals surface area (Å²) in [6.45, 7) is 7.50. The third-order valence-electron chi connectivity index (χ3n) is 0.918. The van der Waals surface area contributed by atoms with Crippen LogP contribution in [0.2, 0.25) is 0 Å². The quantitative estimate of drug-likeness (QED) is 0.525. The maximum absolute atomic E-state index is 5.29. The lowest BCUT2D eigenvalue weighted by molar-refractivity contribution is 0.507. The molecule has 0 aliphatic carbocycles. The van der Waals surface area contributed by atoms with E-state index in [0.717, 1.165) is 6.54 Å². The Morgan fingerprint density at radius 3 is 2.36 bits per heavy atom. The predicted octanol–water partition coefficient (Wildman–Crippen LogP) is 0.208. The maximum Gasteiger partial charge on any atom is 0.166 e. The highest BCUT2D eigenvalue weighted by Crippen LogP contribution is 1.97. The molecule has 4 N–H and O–H groups in total. The van der Waals surface area contributed by atoms with E-state index in [-0.39, 0.29) is 5.54 Å². The van der Waals surface area contributed by atoms with Crippen molar-refractivity contribution in [3.8, 4) is 0 Å². The van der Waals surface area contributed by atoms with E-state index in [2.05, 4.69) is 31.4 Å². The summed E-state index contributed by atoms with van der Waals surface area (Å²) in [5.74, 6) is 0. The van der Waals surface area contributed by atoms with Crippen molar-refractivity contribution in [3.05, 3.63) is 0 Å². The van der Waals surface area contributed by atoms with Gasteiger partial charge in [0.25, 0.3) is 0 Å². The summed E-state index contributed by atoms with van der Waals surface area (Å²) in [6, 6.07) is 0. The highest BCUT2D eigenvalue weighted by atomic mass is 32.1. The summed E-state index contributed by atoms with van der Waals surface area (Å²) < 4.78 is 0. The van der Waals surface area contributed by atoms with Crippen molar-refractivity contribution in [1.82, 2.24) is 10.6 Å². The molecule has 0 aromatic carbocycles. The molecule has 3 nitrogen and oxygen atoms in total. The van der Waals surface area contributed by atoms with Gasteiger partial charge in [0.15, 0.2) is 5.11 Å². The van der Waals surface area contributed by atoms with Crippen LogP contribution in [0.5, 0.6) is 0 Å². The first-order valence-electron chi connectivity index (χ1n) is 3.72. The van der Waals surface area contributed by atoms with E-state index in [1.165, 1.54) is 0 Å². The van der Waals surface area contributed by atoms with Crippen LogP contribution >= 0.6 is 12.2 Å². The second-order valence-corrected chi connectivity index (χ2v) is 3.83. The van der Waals surface area contributed by atoms with Gasteiger partial charge in [0.2, 0.25) is 0 Å². The minimum Gasteiger partial charge on any atom is -0.361 e. The lowest BCUT2D eigenvalue weighted by atomic mass is 10.1. The van der Waals surface area contributed by atoms with Crippen molar-refractivity contribution >= 4 is 17.3 Å². The van der Waals surface area contributed by atoms with Crippen LogP contribution in [0.3, 0.4) is 0 Å². The van der Waals surface area contributed by atoms with Gasteiger partial charge in [0.1, 0.15) is 0 Å². The zero-order valence-electron chi connectivity index (χ0n) is 7.40. The van der Waals surface area contributed by atoms with Gasteiger partial charge < -0.3 is 16.4 Å². The standard InChI is InChI=1S/C7H17N3S/c1-7(2,3)10-6(11)9-5-4-8/h4-5,8H2,1-3H3,(H2,9,10,11). The van der Waals surface area contributed by atoms with Crippen LogP contribution in [0.4, 0.5) is 0 Å². The number of nitrogens with one attached hydrogen (secondary N) is 2. The third-order valence-corrected chi connectivity index (χ3v) is 1.16. The second-order valence-electron chi connectivity index (χ2n) is 3.42. The van der Waals surface area contributed by atoms with Crippen molar-refractivity contribution in [1.29, 1.82) is 0 Å². The van der Waals surface area contributed by atoms with Gasteiger partial charge >= 0.3 is 0 Å². The molecule has 0 saturated heterocycles. The normalized spacial score (nSPS) is 10.9. The first kappa shape index (κ1) is 10.7. The molecular formula is C7H17N3S. The SMILES string of the molecule is CC(C)(C)NC(=S)NCCN. The lowest BCUT2D eigenvalue weighted by Crippen LogP contribution is -2.47. The smallest absolute Gasteiger partial charge is 0.166 e. The monoisotopic (exact) mass is 175 g/mol. The summed E-state index contributed by atoms with van der Waals surface area (Å²) in [5, 5.41) is 6.77. The van der Waals surface area contributed by atoms with E-state index in [4.69, 9.17) is 18.0 Å². The van der Waals surface area contributed by atoms with Crippen LogP contribution in [-0.2, 0) is 0 Å². The minimum atomic E-state index is 0.0265. The second kappa shape index (κ2) is 4.51. The zero-order chi connectivity index (χ0) is 8.91. The molecule has 0 heterocycles. The van der Waals surface area contributed by atoms with Crippen LogP contribution < -0.4 is 16.4 Å². The van der Waals surface area contributed by atoms with Gasteiger partial charge in [0, 0.05) is 18.6 Å². The van der Waals surface area contributed by atoms with E-state index in [0.29, 0.717) is 11.7 Å². The molecule has 0 saturated carbocycles. The molecule has 0 aliphatic rings. The summed E-state index contributed by atoms with van der Waals surface area (Å²) in [4.78, 5) is 0. The van der Waals surface area contributed by atoms with Gasteiger partial charge in [-0.2, -0.15) is 0 Å². The molecule has 0 rings (SSSR count). The minimum absolute atomic E-state index is 0.0265. The highest BCUT2D eigenvalue weighted by Gasteiger charge is 2.09. The molecule has 0 fully saturated rings. The summed E-state index contributed by atoms with van der Waals surface area (Å²) in [7, 11) is 0. The summed E-state index contributed by atoms with van der Waals surface area (Å²) in [6.07, 6.45) is 0. The van der Waals surface area contributed by atoms with Crippen molar-refractivity contribution in [2.45, 2.75) is 26.3 Å². The molecular weight excluding hydrogens is 158 g/mol. The Morgan fingerprint density at radius 2 is 2.00 bits per heavy atom. The van der Waals surface area contributed by atoms with Crippen LogP contribution in [0.1, 0.15) is 20.8 Å². The van der Waals surface area contributed by atoms with Gasteiger partial charge in [-0.05, 0) is 33.0 Å². The van der Waals surface area contributed by atoms with Crippen molar-refractivity contribution < 1.29 is 0 Å². The maximum atomic E-state index is 5.29. The number of hydrogen-bond donors (Lipinski definition) is 3. The summed E-state index contributed by atoms with van der Waals surface area (Å²) >= 11 is 4.99. The summed E-state index contributed by atoms with van der Waals surface area (Å²) in [5.41, 5.74) is 5.32. The average Bonchev–Trinajstić information content (AvgIpc) is 1.79. The van der Waals surface area contributed by atoms with E-state index in [1.54, 1.807) is 0 Å². The number of thiocarbonyl (C=S) groups is 1. The largest absolute Gasteiger partial charge is 0.361 e. The van der Waals surface area contributed by atoms with E-state index in [1.807, 2.05) is 0 Å². The van der Waals surface area contributed by atoms with Crippen LogP contribution in [0, 0.1) is 0 Å². The molecule has 0 spiro atoms. The Kier molecular flexibility index (Phi) is 4.37. The van der Waals surface area contributed by atoms with Crippen molar-refractivity contribution in [3.63, 3.8) is 0 Å². The molecule has 0 bridgehead atoms. The third kappa shape index (κ3) is 7.55. The van der Waals surface area contributed by atoms with Gasteiger partial charge in [-0.3, -0.25) is 0 Å². The first-order valence-corrected chi connectivity index (χ1v) is 4.12. The molecule has 0 aromatic rings. The van der Waals surface area contributed by atoms with Gasteiger partial charge in [-0.1, -0.05) is 0 Å². The topological polar surface area (TPSA) is 50.1 Å². The molecule has 0 aliphatic heterocycles. The molecule has 0 radical (unpaired) electrons. The molecule has 4 heteroatoms. The van der Waals surface area contributed by atoms with Gasteiger partial charge in [-0.15, -0.1) is 0 Å².